The molecular formula is C13H17NO3. The molecule has 0 spiro atoms. The summed E-state index contributed by atoms with van der Waals surface area (Å²) in [5, 5.41) is 11.9. The van der Waals surface area contributed by atoms with Crippen LogP contribution in [0, 0.1) is 0 Å². The number of benzene rings is 1. The molecule has 0 amide bonds. The summed E-state index contributed by atoms with van der Waals surface area (Å²) in [7, 11) is 0. The predicted molar refractivity (Wildman–Crippen MR) is 67.5 cm³/mol. The van der Waals surface area contributed by atoms with Gasteiger partial charge in [0.2, 0.25) is 0 Å². The number of ether oxygens (including phenoxy) is 1. The summed E-state index contributed by atoms with van der Waals surface area (Å²) >= 11 is 0. The Labute approximate surface area is 101 Å². The molecule has 0 saturated carbocycles. The first-order valence-electron chi connectivity index (χ1n) is 5.50. The van der Waals surface area contributed by atoms with Gasteiger partial charge in [0.1, 0.15) is 0 Å². The predicted octanol–water partition coefficient (Wildman–Crippen LogP) is 2.39. The van der Waals surface area contributed by atoms with Crippen LogP contribution in [0.2, 0.25) is 0 Å². The Balaban J connectivity index is 2.29. The van der Waals surface area contributed by atoms with E-state index < -0.39 is 5.97 Å². The fourth-order valence-electron chi connectivity index (χ4n) is 1.30. The third kappa shape index (κ3) is 5.17. The lowest BCUT2D eigenvalue weighted by molar-refractivity contribution is 0.0697. The Morgan fingerprint density at radius 2 is 2.29 bits per heavy atom. The first-order valence-corrected chi connectivity index (χ1v) is 5.50. The van der Waals surface area contributed by atoms with Crippen molar-refractivity contribution < 1.29 is 14.6 Å². The highest BCUT2D eigenvalue weighted by Gasteiger charge is 2.02. The first kappa shape index (κ1) is 13.3. The molecule has 4 heteroatoms. The Bertz CT molecular complexity index is 377. The Kier molecular flexibility index (Phi) is 5.82. The zero-order valence-corrected chi connectivity index (χ0v) is 9.69. The molecule has 2 N–H and O–H groups in total. The van der Waals surface area contributed by atoms with Crippen molar-refractivity contribution >= 4 is 11.7 Å². The van der Waals surface area contributed by atoms with E-state index in [1.807, 2.05) is 12.1 Å². The number of carbonyl (C=O) groups is 1. The van der Waals surface area contributed by atoms with Gasteiger partial charge in [-0.25, -0.2) is 4.79 Å². The van der Waals surface area contributed by atoms with Gasteiger partial charge < -0.3 is 15.2 Å². The molecule has 1 aromatic carbocycles. The molecule has 0 saturated heterocycles. The van der Waals surface area contributed by atoms with Crippen molar-refractivity contribution in [3.05, 3.63) is 42.5 Å². The van der Waals surface area contributed by atoms with E-state index in [1.165, 1.54) is 0 Å². The molecule has 92 valence electrons. The average molecular weight is 235 g/mol. The molecule has 0 bridgehead atoms. The summed E-state index contributed by atoms with van der Waals surface area (Å²) in [6.07, 6.45) is 2.65. The Morgan fingerprint density at radius 1 is 1.47 bits per heavy atom. The Morgan fingerprint density at radius 3 is 3.00 bits per heavy atom. The number of nitrogens with one attached hydrogen (secondary N) is 1. The molecule has 0 aliphatic heterocycles. The summed E-state index contributed by atoms with van der Waals surface area (Å²) in [5.41, 5.74) is 1.07. The molecule has 0 radical (unpaired) electrons. The highest BCUT2D eigenvalue weighted by molar-refractivity contribution is 5.88. The third-order valence-electron chi connectivity index (χ3n) is 2.15. The summed E-state index contributed by atoms with van der Waals surface area (Å²) in [5.74, 6) is -0.920. The van der Waals surface area contributed by atoms with E-state index in [0.29, 0.717) is 19.8 Å². The molecule has 1 rings (SSSR count). The topological polar surface area (TPSA) is 58.6 Å². The van der Waals surface area contributed by atoms with Crippen LogP contribution in [0.25, 0.3) is 0 Å². The standard InChI is InChI=1S/C13H17NO3/c1-2-3-8-17-9-7-14-12-6-4-5-11(10-12)13(15)16/h2,4-6,10,14H,1,3,7-9H2,(H,15,16). The van der Waals surface area contributed by atoms with Crippen molar-refractivity contribution in [1.29, 1.82) is 0 Å². The minimum Gasteiger partial charge on any atom is -0.478 e. The van der Waals surface area contributed by atoms with Gasteiger partial charge in [-0.15, -0.1) is 6.58 Å². The van der Waals surface area contributed by atoms with Crippen molar-refractivity contribution in [3.8, 4) is 0 Å². The van der Waals surface area contributed by atoms with E-state index in [9.17, 15) is 4.79 Å². The normalized spacial score (nSPS) is 9.88. The minimum absolute atomic E-state index is 0.280. The number of carboxylic acids is 1. The van der Waals surface area contributed by atoms with Crippen molar-refractivity contribution in [2.24, 2.45) is 0 Å². The number of hydrogen-bond donors (Lipinski definition) is 2. The zero-order valence-electron chi connectivity index (χ0n) is 9.69. The smallest absolute Gasteiger partial charge is 0.335 e. The maximum absolute atomic E-state index is 10.7. The molecule has 0 unspecified atom stereocenters. The second-order valence-electron chi connectivity index (χ2n) is 3.50. The van der Waals surface area contributed by atoms with Gasteiger partial charge in [-0.3, -0.25) is 0 Å². The highest BCUT2D eigenvalue weighted by atomic mass is 16.5. The average Bonchev–Trinajstić information content (AvgIpc) is 2.34. The molecule has 17 heavy (non-hydrogen) atoms. The second kappa shape index (κ2) is 7.46. The molecule has 4 nitrogen and oxygen atoms in total. The SMILES string of the molecule is C=CCCOCCNc1cccc(C(=O)O)c1. The lowest BCUT2D eigenvalue weighted by atomic mass is 10.2. The lowest BCUT2D eigenvalue weighted by Crippen LogP contribution is -2.10. The van der Waals surface area contributed by atoms with Gasteiger partial charge in [-0.05, 0) is 24.6 Å². The summed E-state index contributed by atoms with van der Waals surface area (Å²) in [4.78, 5) is 10.7. The van der Waals surface area contributed by atoms with Crippen LogP contribution in [-0.4, -0.2) is 30.8 Å². The second-order valence-corrected chi connectivity index (χ2v) is 3.50. The van der Waals surface area contributed by atoms with Gasteiger partial charge in [0.15, 0.2) is 0 Å². The van der Waals surface area contributed by atoms with Gasteiger partial charge in [-0.2, -0.15) is 0 Å². The molecular weight excluding hydrogens is 218 g/mol. The first-order chi connectivity index (χ1) is 8.24. The summed E-state index contributed by atoms with van der Waals surface area (Å²) < 4.78 is 5.32. The van der Waals surface area contributed by atoms with Crippen LogP contribution in [0.5, 0.6) is 0 Å². The van der Waals surface area contributed by atoms with Crippen LogP contribution >= 0.6 is 0 Å². The van der Waals surface area contributed by atoms with E-state index in [-0.39, 0.29) is 5.56 Å². The number of hydrogen-bond acceptors (Lipinski definition) is 3. The maximum Gasteiger partial charge on any atom is 0.335 e. The van der Waals surface area contributed by atoms with Crippen LogP contribution in [-0.2, 0) is 4.74 Å². The van der Waals surface area contributed by atoms with Crippen LogP contribution in [0.15, 0.2) is 36.9 Å². The van der Waals surface area contributed by atoms with Crippen LogP contribution in [0.1, 0.15) is 16.8 Å². The summed E-state index contributed by atoms with van der Waals surface area (Å²) in [6, 6.07) is 6.71. The molecule has 0 aliphatic carbocycles. The number of carboxylic acid groups (broad SMARTS) is 1. The number of anilines is 1. The molecule has 0 aromatic heterocycles. The zero-order chi connectivity index (χ0) is 12.5. The van der Waals surface area contributed by atoms with Gasteiger partial charge in [0.25, 0.3) is 0 Å². The fraction of sp³-hybridized carbons (Fsp3) is 0.308. The quantitative estimate of drug-likeness (QED) is 0.536. The van der Waals surface area contributed by atoms with Gasteiger partial charge in [0.05, 0.1) is 18.8 Å². The fourth-order valence-corrected chi connectivity index (χ4v) is 1.30. The molecule has 1 aromatic rings. The van der Waals surface area contributed by atoms with Crippen molar-refractivity contribution in [2.45, 2.75) is 6.42 Å². The van der Waals surface area contributed by atoms with Gasteiger partial charge >= 0.3 is 5.97 Å². The van der Waals surface area contributed by atoms with E-state index >= 15 is 0 Å². The number of rotatable bonds is 8. The minimum atomic E-state index is -0.920. The Hall–Kier alpha value is -1.81. The van der Waals surface area contributed by atoms with Crippen molar-refractivity contribution in [3.63, 3.8) is 0 Å². The van der Waals surface area contributed by atoms with E-state index in [2.05, 4.69) is 11.9 Å². The molecule has 0 atom stereocenters. The van der Waals surface area contributed by atoms with Gasteiger partial charge in [0, 0.05) is 12.2 Å². The lowest BCUT2D eigenvalue weighted by Gasteiger charge is -2.07. The van der Waals surface area contributed by atoms with E-state index in [4.69, 9.17) is 9.84 Å². The highest BCUT2D eigenvalue weighted by Crippen LogP contribution is 2.09. The molecule has 0 aliphatic rings. The van der Waals surface area contributed by atoms with Crippen molar-refractivity contribution in [2.75, 3.05) is 25.1 Å². The monoisotopic (exact) mass is 235 g/mol. The van der Waals surface area contributed by atoms with Crippen LogP contribution < -0.4 is 5.32 Å². The van der Waals surface area contributed by atoms with E-state index in [0.717, 1.165) is 12.1 Å². The third-order valence-corrected chi connectivity index (χ3v) is 2.15. The summed E-state index contributed by atoms with van der Waals surface area (Å²) in [6.45, 7) is 5.51. The van der Waals surface area contributed by atoms with Crippen LogP contribution in [0.3, 0.4) is 0 Å². The largest absolute Gasteiger partial charge is 0.478 e. The molecule has 0 heterocycles. The van der Waals surface area contributed by atoms with Crippen molar-refractivity contribution in [1.82, 2.24) is 0 Å². The van der Waals surface area contributed by atoms with Crippen LogP contribution in [0.4, 0.5) is 5.69 Å². The maximum atomic E-state index is 10.7. The van der Waals surface area contributed by atoms with Gasteiger partial charge in [-0.1, -0.05) is 12.1 Å². The molecule has 0 fully saturated rings. The van der Waals surface area contributed by atoms with E-state index in [1.54, 1.807) is 18.2 Å². The number of aromatic carboxylic acids is 1.